The first-order valence-corrected chi connectivity index (χ1v) is 12.1. The van der Waals surface area contributed by atoms with Crippen LogP contribution in [0, 0.1) is 6.92 Å². The second kappa shape index (κ2) is 10.8. The van der Waals surface area contributed by atoms with Crippen LogP contribution in [0.4, 0.5) is 5.69 Å². The summed E-state index contributed by atoms with van der Waals surface area (Å²) in [6.07, 6.45) is 0.502. The molecule has 0 bridgehead atoms. The fourth-order valence-electron chi connectivity index (χ4n) is 3.53. The summed E-state index contributed by atoms with van der Waals surface area (Å²) in [7, 11) is -2.26. The van der Waals surface area contributed by atoms with Gasteiger partial charge in [-0.1, -0.05) is 19.1 Å². The molecule has 0 radical (unpaired) electrons. The number of hydrogen-bond acceptors (Lipinski definition) is 6. The first kappa shape index (κ1) is 24.7. The van der Waals surface area contributed by atoms with Gasteiger partial charge < -0.3 is 20.1 Å². The maximum absolute atomic E-state index is 13.2. The van der Waals surface area contributed by atoms with Crippen molar-refractivity contribution in [1.29, 1.82) is 0 Å². The van der Waals surface area contributed by atoms with Gasteiger partial charge >= 0.3 is 0 Å². The number of morpholine rings is 1. The van der Waals surface area contributed by atoms with Gasteiger partial charge in [-0.2, -0.15) is 4.31 Å². The largest absolute Gasteiger partial charge is 0.495 e. The molecular weight excluding hydrogens is 446 g/mol. The van der Waals surface area contributed by atoms with E-state index >= 15 is 0 Å². The van der Waals surface area contributed by atoms with Crippen molar-refractivity contribution in [1.82, 2.24) is 9.62 Å². The summed E-state index contributed by atoms with van der Waals surface area (Å²) >= 11 is 0. The van der Waals surface area contributed by atoms with E-state index in [0.29, 0.717) is 36.6 Å². The standard InChI is InChI=1S/C23H29N3O6S/c1-4-17-6-7-18(14-21(17)33(29,30)26-9-11-32-12-10-26)23(28)24-15-22(27)25-19-13-16(2)5-8-20(19)31-3/h5-8,13-14H,4,9-12,15H2,1-3H3,(H,24,28)(H,25,27). The van der Waals surface area contributed by atoms with E-state index in [4.69, 9.17) is 9.47 Å². The lowest BCUT2D eigenvalue weighted by molar-refractivity contribution is -0.115. The maximum atomic E-state index is 13.2. The zero-order valence-corrected chi connectivity index (χ0v) is 19.8. The van der Waals surface area contributed by atoms with Crippen LogP contribution in [0.2, 0.25) is 0 Å². The molecule has 2 amide bonds. The first-order valence-electron chi connectivity index (χ1n) is 10.7. The Kier molecular flexibility index (Phi) is 8.06. The van der Waals surface area contributed by atoms with Crippen molar-refractivity contribution < 1.29 is 27.5 Å². The molecule has 1 fully saturated rings. The van der Waals surface area contributed by atoms with Crippen LogP contribution in [0.1, 0.15) is 28.4 Å². The highest BCUT2D eigenvalue weighted by atomic mass is 32.2. The number of amides is 2. The molecule has 0 atom stereocenters. The molecule has 0 spiro atoms. The molecule has 0 saturated carbocycles. The molecule has 1 heterocycles. The molecule has 1 saturated heterocycles. The van der Waals surface area contributed by atoms with Crippen LogP contribution in [-0.2, 0) is 26.0 Å². The third-order valence-electron chi connectivity index (χ3n) is 5.34. The summed E-state index contributed by atoms with van der Waals surface area (Å²) in [6.45, 7) is 4.67. The van der Waals surface area contributed by atoms with Gasteiger partial charge in [0.15, 0.2) is 0 Å². The second-order valence-electron chi connectivity index (χ2n) is 7.63. The van der Waals surface area contributed by atoms with Gasteiger partial charge in [-0.25, -0.2) is 8.42 Å². The van der Waals surface area contributed by atoms with Crippen LogP contribution < -0.4 is 15.4 Å². The summed E-state index contributed by atoms with van der Waals surface area (Å²) in [6, 6.07) is 9.95. The van der Waals surface area contributed by atoms with Gasteiger partial charge in [0, 0.05) is 18.7 Å². The Balaban J connectivity index is 1.72. The SMILES string of the molecule is CCc1ccc(C(=O)NCC(=O)Nc2cc(C)ccc2OC)cc1S(=O)(=O)N1CCOCC1. The Labute approximate surface area is 194 Å². The van der Waals surface area contributed by atoms with Crippen molar-refractivity contribution in [3.63, 3.8) is 0 Å². The Hall–Kier alpha value is -2.95. The number of nitrogens with zero attached hydrogens (tertiary/aromatic N) is 1. The number of anilines is 1. The lowest BCUT2D eigenvalue weighted by atomic mass is 10.1. The van der Waals surface area contributed by atoms with Gasteiger partial charge in [0.2, 0.25) is 15.9 Å². The van der Waals surface area contributed by atoms with Crippen LogP contribution in [0.5, 0.6) is 5.75 Å². The quantitative estimate of drug-likeness (QED) is 0.603. The molecule has 0 aliphatic carbocycles. The highest BCUT2D eigenvalue weighted by Gasteiger charge is 2.29. The molecule has 0 aromatic heterocycles. The summed E-state index contributed by atoms with van der Waals surface area (Å²) in [4.78, 5) is 25.2. The Morgan fingerprint density at radius 1 is 1.12 bits per heavy atom. The van der Waals surface area contributed by atoms with Crippen molar-refractivity contribution in [2.45, 2.75) is 25.2 Å². The smallest absolute Gasteiger partial charge is 0.251 e. The second-order valence-corrected chi connectivity index (χ2v) is 9.53. The van der Waals surface area contributed by atoms with Crippen molar-refractivity contribution in [3.05, 3.63) is 53.1 Å². The van der Waals surface area contributed by atoms with Gasteiger partial charge in [0.1, 0.15) is 5.75 Å². The molecule has 3 rings (SSSR count). The van der Waals surface area contributed by atoms with E-state index in [1.807, 2.05) is 19.9 Å². The molecule has 33 heavy (non-hydrogen) atoms. The van der Waals surface area contributed by atoms with E-state index in [1.165, 1.54) is 17.5 Å². The zero-order chi connectivity index (χ0) is 24.0. The van der Waals surface area contributed by atoms with Crippen molar-refractivity contribution >= 4 is 27.5 Å². The Morgan fingerprint density at radius 2 is 1.85 bits per heavy atom. The highest BCUT2D eigenvalue weighted by Crippen LogP contribution is 2.25. The molecular formula is C23H29N3O6S. The topological polar surface area (TPSA) is 114 Å². The Morgan fingerprint density at radius 3 is 2.52 bits per heavy atom. The van der Waals surface area contributed by atoms with Crippen LogP contribution in [0.3, 0.4) is 0 Å². The third kappa shape index (κ3) is 5.89. The predicted molar refractivity (Wildman–Crippen MR) is 124 cm³/mol. The van der Waals surface area contributed by atoms with Crippen molar-refractivity contribution in [2.24, 2.45) is 0 Å². The van der Waals surface area contributed by atoms with Crippen LogP contribution in [0.15, 0.2) is 41.3 Å². The number of aryl methyl sites for hydroxylation is 2. The minimum absolute atomic E-state index is 0.105. The minimum Gasteiger partial charge on any atom is -0.495 e. The van der Waals surface area contributed by atoms with Crippen LogP contribution >= 0.6 is 0 Å². The number of sulfonamides is 1. The highest BCUT2D eigenvalue weighted by molar-refractivity contribution is 7.89. The van der Waals surface area contributed by atoms with E-state index in [-0.39, 0.29) is 30.1 Å². The summed E-state index contributed by atoms with van der Waals surface area (Å²) < 4.78 is 38.2. The zero-order valence-electron chi connectivity index (χ0n) is 19.0. The fourth-order valence-corrected chi connectivity index (χ4v) is 5.26. The van der Waals surface area contributed by atoms with Crippen LogP contribution in [0.25, 0.3) is 0 Å². The number of carbonyl (C=O) groups is 2. The van der Waals surface area contributed by atoms with Gasteiger partial charge in [-0.3, -0.25) is 9.59 Å². The van der Waals surface area contributed by atoms with E-state index in [1.54, 1.807) is 24.3 Å². The molecule has 9 nitrogen and oxygen atoms in total. The number of hydrogen-bond donors (Lipinski definition) is 2. The van der Waals surface area contributed by atoms with Gasteiger partial charge in [-0.05, 0) is 48.7 Å². The number of methoxy groups -OCH3 is 1. The number of ether oxygens (including phenoxy) is 2. The van der Waals surface area contributed by atoms with E-state index in [2.05, 4.69) is 10.6 Å². The fraction of sp³-hybridized carbons (Fsp3) is 0.391. The molecule has 1 aliphatic rings. The molecule has 0 unspecified atom stereocenters. The number of carbonyl (C=O) groups excluding carboxylic acids is 2. The summed E-state index contributed by atoms with van der Waals surface area (Å²) in [5.41, 5.74) is 2.24. The minimum atomic E-state index is -3.76. The third-order valence-corrected chi connectivity index (χ3v) is 7.32. The molecule has 1 aliphatic heterocycles. The molecule has 2 aromatic rings. The normalized spacial score (nSPS) is 14.5. The number of nitrogens with one attached hydrogen (secondary N) is 2. The average Bonchev–Trinajstić information content (AvgIpc) is 2.82. The first-order chi connectivity index (χ1) is 15.8. The van der Waals surface area contributed by atoms with Crippen molar-refractivity contribution in [2.75, 3.05) is 45.3 Å². The predicted octanol–water partition coefficient (Wildman–Crippen LogP) is 1.96. The molecule has 10 heteroatoms. The molecule has 178 valence electrons. The maximum Gasteiger partial charge on any atom is 0.251 e. The number of benzene rings is 2. The average molecular weight is 476 g/mol. The monoisotopic (exact) mass is 475 g/mol. The molecule has 2 N–H and O–H groups in total. The van der Waals surface area contributed by atoms with E-state index in [0.717, 1.165) is 5.56 Å². The Bertz CT molecular complexity index is 1130. The van der Waals surface area contributed by atoms with Crippen molar-refractivity contribution in [3.8, 4) is 5.75 Å². The van der Waals surface area contributed by atoms with E-state index < -0.39 is 21.8 Å². The van der Waals surface area contributed by atoms with Gasteiger partial charge in [-0.15, -0.1) is 0 Å². The van der Waals surface area contributed by atoms with E-state index in [9.17, 15) is 18.0 Å². The lowest BCUT2D eigenvalue weighted by Crippen LogP contribution is -2.41. The van der Waals surface area contributed by atoms with Crippen LogP contribution in [-0.4, -0.2) is 64.5 Å². The lowest BCUT2D eigenvalue weighted by Gasteiger charge is -2.27. The van der Waals surface area contributed by atoms with Gasteiger partial charge in [0.05, 0.1) is 37.5 Å². The van der Waals surface area contributed by atoms with Gasteiger partial charge in [0.25, 0.3) is 5.91 Å². The summed E-state index contributed by atoms with van der Waals surface area (Å²) in [5, 5.41) is 5.26. The number of rotatable bonds is 8. The molecule has 2 aromatic carbocycles. The summed E-state index contributed by atoms with van der Waals surface area (Å²) in [5.74, 6) is -0.464.